The number of methoxy groups -OCH3 is 1. The molecule has 1 N–H and O–H groups in total. The van der Waals surface area contributed by atoms with E-state index in [2.05, 4.69) is 10.1 Å². The number of carbonyl (C=O) groups excluding carboxylic acids is 1. The van der Waals surface area contributed by atoms with Crippen LogP contribution in [0.25, 0.3) is 0 Å². The van der Waals surface area contributed by atoms with E-state index in [1.807, 2.05) is 6.07 Å². The maximum Gasteiger partial charge on any atom is 0.249 e. The maximum absolute atomic E-state index is 13.6. The van der Waals surface area contributed by atoms with E-state index in [1.165, 1.54) is 7.11 Å². The second kappa shape index (κ2) is 4.82. The van der Waals surface area contributed by atoms with Crippen molar-refractivity contribution in [1.29, 1.82) is 5.26 Å². The number of nitrogens with one attached hydrogen (secondary N) is 1. The van der Waals surface area contributed by atoms with Gasteiger partial charge in [0.1, 0.15) is 0 Å². The summed E-state index contributed by atoms with van der Waals surface area (Å²) in [7, 11) is 1.20. The number of ether oxygens (including phenoxy) is 2. The zero-order chi connectivity index (χ0) is 14.0. The molecule has 7 heteroatoms. The molecule has 1 aromatic carbocycles. The summed E-state index contributed by atoms with van der Waals surface area (Å²) in [5, 5.41) is 11.1. The van der Waals surface area contributed by atoms with Crippen molar-refractivity contribution in [2.75, 3.05) is 25.6 Å². The molecule has 0 unspecified atom stereocenters. The summed E-state index contributed by atoms with van der Waals surface area (Å²) in [6.07, 6.45) is 0. The zero-order valence-electron chi connectivity index (χ0n) is 10.00. The molecule has 5 nitrogen and oxygen atoms in total. The Balaban J connectivity index is 2.22. The second-order valence-corrected chi connectivity index (χ2v) is 4.11. The van der Waals surface area contributed by atoms with Crippen LogP contribution in [0, 0.1) is 28.4 Å². The van der Waals surface area contributed by atoms with Crippen LogP contribution >= 0.6 is 0 Å². The lowest BCUT2D eigenvalue weighted by Gasteiger charge is -2.33. The lowest BCUT2D eigenvalue weighted by atomic mass is 9.87. The minimum absolute atomic E-state index is 0.0599. The summed E-state index contributed by atoms with van der Waals surface area (Å²) in [5.74, 6) is -2.64. The number of rotatable bonds is 3. The molecule has 19 heavy (non-hydrogen) atoms. The molecule has 100 valence electrons. The predicted octanol–water partition coefficient (Wildman–Crippen LogP) is 1.45. The minimum atomic E-state index is -1.33. The fourth-order valence-electron chi connectivity index (χ4n) is 1.58. The van der Waals surface area contributed by atoms with Gasteiger partial charge < -0.3 is 14.8 Å². The highest BCUT2D eigenvalue weighted by molar-refractivity contribution is 5.98. The number of hydrogen-bond acceptors (Lipinski definition) is 4. The molecule has 1 heterocycles. The quantitative estimate of drug-likeness (QED) is 0.900. The highest BCUT2D eigenvalue weighted by Crippen LogP contribution is 2.30. The Bertz CT molecular complexity index is 565. The van der Waals surface area contributed by atoms with Crippen molar-refractivity contribution in [2.45, 2.75) is 0 Å². The first kappa shape index (κ1) is 13.2. The van der Waals surface area contributed by atoms with Crippen molar-refractivity contribution in [3.8, 4) is 11.8 Å². The first-order chi connectivity index (χ1) is 9.02. The summed E-state index contributed by atoms with van der Waals surface area (Å²) in [5.41, 5.74) is -1.67. The molecule has 1 fully saturated rings. The number of anilines is 1. The van der Waals surface area contributed by atoms with Crippen LogP contribution in [0.15, 0.2) is 12.1 Å². The molecule has 0 spiro atoms. The zero-order valence-corrected chi connectivity index (χ0v) is 10.00. The average Bonchev–Trinajstić information content (AvgIpc) is 2.32. The fraction of sp³-hybridized carbons (Fsp3) is 0.333. The van der Waals surface area contributed by atoms with Gasteiger partial charge in [0, 0.05) is 12.1 Å². The van der Waals surface area contributed by atoms with Gasteiger partial charge in [-0.25, -0.2) is 8.78 Å². The molecule has 1 aliphatic heterocycles. The molecule has 0 saturated carbocycles. The third-order valence-electron chi connectivity index (χ3n) is 2.84. The Labute approximate surface area is 107 Å². The Hall–Kier alpha value is -2.20. The number of benzene rings is 1. The van der Waals surface area contributed by atoms with Crippen LogP contribution in [-0.2, 0) is 9.53 Å². The fourth-order valence-corrected chi connectivity index (χ4v) is 1.58. The van der Waals surface area contributed by atoms with Gasteiger partial charge in [-0.3, -0.25) is 4.79 Å². The van der Waals surface area contributed by atoms with Crippen molar-refractivity contribution in [1.82, 2.24) is 0 Å². The van der Waals surface area contributed by atoms with E-state index >= 15 is 0 Å². The summed E-state index contributed by atoms with van der Waals surface area (Å²) in [6, 6.07) is 3.44. The smallest absolute Gasteiger partial charge is 0.249 e. The molecule has 1 aromatic rings. The average molecular weight is 268 g/mol. The first-order valence-electron chi connectivity index (χ1n) is 5.36. The van der Waals surface area contributed by atoms with Crippen molar-refractivity contribution in [2.24, 2.45) is 5.41 Å². The van der Waals surface area contributed by atoms with Crippen LogP contribution in [0.3, 0.4) is 0 Å². The van der Waals surface area contributed by atoms with Crippen LogP contribution in [0.2, 0.25) is 0 Å². The number of carbonyl (C=O) groups is 1. The molecule has 0 atom stereocenters. The molecule has 1 amide bonds. The van der Waals surface area contributed by atoms with Crippen LogP contribution in [0.4, 0.5) is 14.5 Å². The topological polar surface area (TPSA) is 71.3 Å². The van der Waals surface area contributed by atoms with Gasteiger partial charge in [-0.1, -0.05) is 0 Å². The Kier molecular flexibility index (Phi) is 3.36. The summed E-state index contributed by atoms with van der Waals surface area (Å²) in [4.78, 5) is 11.8. The van der Waals surface area contributed by atoms with E-state index in [9.17, 15) is 13.6 Å². The van der Waals surface area contributed by atoms with E-state index in [0.29, 0.717) is 0 Å². The van der Waals surface area contributed by atoms with Crippen molar-refractivity contribution < 1.29 is 23.0 Å². The van der Waals surface area contributed by atoms with Gasteiger partial charge in [0.25, 0.3) is 0 Å². The maximum atomic E-state index is 13.6. The van der Waals surface area contributed by atoms with Gasteiger partial charge in [0.05, 0.1) is 32.1 Å². The van der Waals surface area contributed by atoms with Gasteiger partial charge in [-0.15, -0.1) is 0 Å². The molecule has 0 radical (unpaired) electrons. The lowest BCUT2D eigenvalue weighted by Crippen LogP contribution is -2.50. The van der Waals surface area contributed by atoms with E-state index in [4.69, 9.17) is 10.00 Å². The van der Waals surface area contributed by atoms with Gasteiger partial charge in [-0.05, 0) is 0 Å². The highest BCUT2D eigenvalue weighted by Gasteiger charge is 2.46. The van der Waals surface area contributed by atoms with E-state index in [1.54, 1.807) is 0 Å². The normalized spacial score (nSPS) is 16.1. The summed E-state index contributed by atoms with van der Waals surface area (Å²) < 4.78 is 36.5. The number of nitrogens with zero attached hydrogens (tertiary/aromatic N) is 1. The molecule has 2 rings (SSSR count). The number of amides is 1. The van der Waals surface area contributed by atoms with Crippen LogP contribution < -0.4 is 10.1 Å². The van der Waals surface area contributed by atoms with Crippen molar-refractivity contribution in [3.63, 3.8) is 0 Å². The largest absolute Gasteiger partial charge is 0.494 e. The summed E-state index contributed by atoms with van der Waals surface area (Å²) >= 11 is 0. The van der Waals surface area contributed by atoms with Crippen LogP contribution in [0.1, 0.15) is 0 Å². The Morgan fingerprint density at radius 3 is 2.63 bits per heavy atom. The Morgan fingerprint density at radius 2 is 2.16 bits per heavy atom. The lowest BCUT2D eigenvalue weighted by molar-refractivity contribution is -0.144. The second-order valence-electron chi connectivity index (χ2n) is 4.11. The standard InChI is InChI=1S/C12H10F2N2O3/c1-18-10-3-7(13)9(2-8(10)14)16-11(17)12(4-15)5-19-6-12/h2-3H,5-6H2,1H3,(H,16,17). The van der Waals surface area contributed by atoms with Crippen molar-refractivity contribution >= 4 is 11.6 Å². The van der Waals surface area contributed by atoms with Crippen molar-refractivity contribution in [3.05, 3.63) is 23.8 Å². The molecule has 0 bridgehead atoms. The molecule has 1 aliphatic rings. The number of nitriles is 1. The monoisotopic (exact) mass is 268 g/mol. The van der Waals surface area contributed by atoms with E-state index < -0.39 is 23.0 Å². The predicted molar refractivity (Wildman–Crippen MR) is 60.4 cm³/mol. The molecule has 0 aromatic heterocycles. The van der Waals surface area contributed by atoms with Gasteiger partial charge in [0.15, 0.2) is 22.8 Å². The number of hydrogen-bond donors (Lipinski definition) is 1. The first-order valence-corrected chi connectivity index (χ1v) is 5.36. The third-order valence-corrected chi connectivity index (χ3v) is 2.84. The van der Waals surface area contributed by atoms with Crippen LogP contribution in [0.5, 0.6) is 5.75 Å². The summed E-state index contributed by atoms with van der Waals surface area (Å²) in [6.45, 7) is -0.120. The van der Waals surface area contributed by atoms with Gasteiger partial charge >= 0.3 is 0 Å². The Morgan fingerprint density at radius 1 is 1.47 bits per heavy atom. The number of halogens is 2. The van der Waals surface area contributed by atoms with Gasteiger partial charge in [0.2, 0.25) is 5.91 Å². The van der Waals surface area contributed by atoms with Gasteiger partial charge in [-0.2, -0.15) is 5.26 Å². The third kappa shape index (κ3) is 2.22. The van der Waals surface area contributed by atoms with E-state index in [-0.39, 0.29) is 24.7 Å². The minimum Gasteiger partial charge on any atom is -0.494 e. The SMILES string of the molecule is COc1cc(F)c(NC(=O)C2(C#N)COC2)cc1F. The molecular formula is C12H10F2N2O3. The molecular weight excluding hydrogens is 258 g/mol. The van der Waals surface area contributed by atoms with Crippen LogP contribution in [-0.4, -0.2) is 26.2 Å². The molecule has 0 aliphatic carbocycles. The highest BCUT2D eigenvalue weighted by atomic mass is 19.1. The van der Waals surface area contributed by atoms with E-state index in [0.717, 1.165) is 12.1 Å². The molecule has 1 saturated heterocycles.